The van der Waals surface area contributed by atoms with Crippen molar-refractivity contribution in [3.8, 4) is 5.75 Å². The molecule has 4 rings (SSSR count). The van der Waals surface area contributed by atoms with Gasteiger partial charge in [0.2, 0.25) is 5.91 Å². The highest BCUT2D eigenvalue weighted by molar-refractivity contribution is 5.80. The van der Waals surface area contributed by atoms with Gasteiger partial charge in [0.1, 0.15) is 11.6 Å². The van der Waals surface area contributed by atoms with Crippen molar-refractivity contribution in [2.45, 2.75) is 45.9 Å². The number of aromatic nitrogens is 2. The van der Waals surface area contributed by atoms with E-state index in [-0.39, 0.29) is 17.9 Å². The molecule has 1 amide bonds. The van der Waals surface area contributed by atoms with Crippen molar-refractivity contribution in [2.75, 3.05) is 0 Å². The molecule has 1 N–H and O–H groups in total. The second-order valence-corrected chi connectivity index (χ2v) is 7.39. The smallest absolute Gasteiger partial charge is 0.223 e. The lowest BCUT2D eigenvalue weighted by Gasteiger charge is -2.23. The normalized spacial score (nSPS) is 16.3. The molecule has 0 fully saturated rings. The van der Waals surface area contributed by atoms with E-state index in [2.05, 4.69) is 16.0 Å². The molecule has 2 heterocycles. The van der Waals surface area contributed by atoms with E-state index in [1.54, 1.807) is 0 Å². The minimum atomic E-state index is -0.0159. The topological polar surface area (TPSA) is 56.1 Å². The number of aryl methyl sites for hydroxylation is 1. The standard InChI is InChI=1S/C22H25N3O2/c1-15(2)27-18-9-7-16(8-10-18)14-23-22(26)17-11-12-25-20-6-4-3-5-19(20)24-21(25)13-17/h3-10,15,17H,11-14H2,1-2H3,(H,23,26). The van der Waals surface area contributed by atoms with E-state index in [0.717, 1.165) is 41.1 Å². The number of imidazole rings is 1. The maximum atomic E-state index is 12.6. The fraction of sp³-hybridized carbons (Fsp3) is 0.364. The minimum absolute atomic E-state index is 0.0159. The largest absolute Gasteiger partial charge is 0.491 e. The second kappa shape index (κ2) is 7.43. The van der Waals surface area contributed by atoms with Gasteiger partial charge in [-0.3, -0.25) is 4.79 Å². The molecule has 0 saturated heterocycles. The molecule has 0 radical (unpaired) electrons. The van der Waals surface area contributed by atoms with Crippen LogP contribution in [-0.2, 0) is 24.3 Å². The van der Waals surface area contributed by atoms with Gasteiger partial charge in [-0.15, -0.1) is 0 Å². The van der Waals surface area contributed by atoms with Gasteiger partial charge < -0.3 is 14.6 Å². The molecule has 0 aliphatic carbocycles. The first kappa shape index (κ1) is 17.6. The number of hydrogen-bond acceptors (Lipinski definition) is 3. The summed E-state index contributed by atoms with van der Waals surface area (Å²) in [5.41, 5.74) is 3.25. The summed E-state index contributed by atoms with van der Waals surface area (Å²) in [4.78, 5) is 17.3. The van der Waals surface area contributed by atoms with Crippen LogP contribution in [0.1, 0.15) is 31.7 Å². The Labute approximate surface area is 159 Å². The van der Waals surface area contributed by atoms with E-state index in [0.29, 0.717) is 13.0 Å². The van der Waals surface area contributed by atoms with Crippen molar-refractivity contribution >= 4 is 16.9 Å². The fourth-order valence-corrected chi connectivity index (χ4v) is 3.65. The highest BCUT2D eigenvalue weighted by Crippen LogP contribution is 2.25. The van der Waals surface area contributed by atoms with Crippen molar-refractivity contribution in [3.05, 3.63) is 59.9 Å². The van der Waals surface area contributed by atoms with E-state index in [1.807, 2.05) is 56.3 Å². The number of nitrogens with zero attached hydrogens (tertiary/aromatic N) is 2. The first-order chi connectivity index (χ1) is 13.1. The summed E-state index contributed by atoms with van der Waals surface area (Å²) in [6.45, 7) is 5.39. The number of ether oxygens (including phenoxy) is 1. The highest BCUT2D eigenvalue weighted by atomic mass is 16.5. The lowest BCUT2D eigenvalue weighted by molar-refractivity contribution is -0.125. The summed E-state index contributed by atoms with van der Waals surface area (Å²) in [7, 11) is 0. The van der Waals surface area contributed by atoms with Crippen molar-refractivity contribution in [2.24, 2.45) is 5.92 Å². The molecule has 2 aromatic carbocycles. The maximum Gasteiger partial charge on any atom is 0.223 e. The first-order valence-corrected chi connectivity index (χ1v) is 9.57. The van der Waals surface area contributed by atoms with Crippen LogP contribution >= 0.6 is 0 Å². The minimum Gasteiger partial charge on any atom is -0.491 e. The summed E-state index contributed by atoms with van der Waals surface area (Å²) in [5.74, 6) is 1.96. The third-order valence-electron chi connectivity index (χ3n) is 5.00. The van der Waals surface area contributed by atoms with Gasteiger partial charge in [0, 0.05) is 25.4 Å². The molecule has 140 valence electrons. The molecule has 5 nitrogen and oxygen atoms in total. The number of nitrogens with one attached hydrogen (secondary N) is 1. The molecule has 5 heteroatoms. The molecule has 27 heavy (non-hydrogen) atoms. The van der Waals surface area contributed by atoms with Gasteiger partial charge >= 0.3 is 0 Å². The van der Waals surface area contributed by atoms with Crippen LogP contribution in [0.2, 0.25) is 0 Å². The Kier molecular flexibility index (Phi) is 4.84. The number of carbonyl (C=O) groups is 1. The molecular formula is C22H25N3O2. The number of benzene rings is 2. The quantitative estimate of drug-likeness (QED) is 0.752. The number of para-hydroxylation sites is 2. The van der Waals surface area contributed by atoms with Crippen molar-refractivity contribution in [1.82, 2.24) is 14.9 Å². The molecule has 0 bridgehead atoms. The average molecular weight is 363 g/mol. The Bertz CT molecular complexity index is 944. The summed E-state index contributed by atoms with van der Waals surface area (Å²) in [6, 6.07) is 16.1. The fourth-order valence-electron chi connectivity index (χ4n) is 3.65. The molecule has 0 saturated carbocycles. The molecule has 3 aromatic rings. The van der Waals surface area contributed by atoms with Gasteiger partial charge in [-0.1, -0.05) is 24.3 Å². The predicted octanol–water partition coefficient (Wildman–Crippen LogP) is 3.70. The summed E-state index contributed by atoms with van der Waals surface area (Å²) in [5, 5.41) is 3.08. The van der Waals surface area contributed by atoms with Crippen molar-refractivity contribution < 1.29 is 9.53 Å². The van der Waals surface area contributed by atoms with E-state index in [9.17, 15) is 4.79 Å². The average Bonchev–Trinajstić information content (AvgIpc) is 3.04. The summed E-state index contributed by atoms with van der Waals surface area (Å²) in [6.07, 6.45) is 1.70. The lowest BCUT2D eigenvalue weighted by atomic mass is 9.96. The number of rotatable bonds is 5. The monoisotopic (exact) mass is 363 g/mol. The van der Waals surface area contributed by atoms with Gasteiger partial charge in [0.25, 0.3) is 0 Å². The number of amides is 1. The van der Waals surface area contributed by atoms with Crippen LogP contribution in [0.15, 0.2) is 48.5 Å². The van der Waals surface area contributed by atoms with Crippen LogP contribution in [0.25, 0.3) is 11.0 Å². The second-order valence-electron chi connectivity index (χ2n) is 7.39. The summed E-state index contributed by atoms with van der Waals surface area (Å²) < 4.78 is 7.89. The Morgan fingerprint density at radius 2 is 2.00 bits per heavy atom. The zero-order chi connectivity index (χ0) is 18.8. The van der Waals surface area contributed by atoms with Crippen LogP contribution in [-0.4, -0.2) is 21.6 Å². The van der Waals surface area contributed by atoms with Gasteiger partial charge in [-0.25, -0.2) is 4.98 Å². The van der Waals surface area contributed by atoms with Crippen molar-refractivity contribution in [1.29, 1.82) is 0 Å². The van der Waals surface area contributed by atoms with E-state index >= 15 is 0 Å². The molecule has 1 unspecified atom stereocenters. The molecule has 1 aromatic heterocycles. The molecular weight excluding hydrogens is 338 g/mol. The Morgan fingerprint density at radius 3 is 2.78 bits per heavy atom. The Hall–Kier alpha value is -2.82. The third-order valence-corrected chi connectivity index (χ3v) is 5.00. The number of hydrogen-bond donors (Lipinski definition) is 1. The predicted molar refractivity (Wildman–Crippen MR) is 106 cm³/mol. The van der Waals surface area contributed by atoms with Gasteiger partial charge in [0.15, 0.2) is 0 Å². The summed E-state index contributed by atoms with van der Waals surface area (Å²) >= 11 is 0. The molecule has 0 spiro atoms. The van der Waals surface area contributed by atoms with Crippen LogP contribution in [0.4, 0.5) is 0 Å². The van der Waals surface area contributed by atoms with Crippen LogP contribution in [0, 0.1) is 5.92 Å². The Balaban J connectivity index is 1.36. The maximum absolute atomic E-state index is 12.6. The van der Waals surface area contributed by atoms with Crippen LogP contribution in [0.5, 0.6) is 5.75 Å². The van der Waals surface area contributed by atoms with Crippen LogP contribution in [0.3, 0.4) is 0 Å². The van der Waals surface area contributed by atoms with E-state index in [1.165, 1.54) is 0 Å². The van der Waals surface area contributed by atoms with E-state index in [4.69, 9.17) is 9.72 Å². The van der Waals surface area contributed by atoms with Crippen LogP contribution < -0.4 is 10.1 Å². The highest BCUT2D eigenvalue weighted by Gasteiger charge is 2.26. The molecule has 1 aliphatic heterocycles. The Morgan fingerprint density at radius 1 is 1.22 bits per heavy atom. The lowest BCUT2D eigenvalue weighted by Crippen LogP contribution is -2.35. The first-order valence-electron chi connectivity index (χ1n) is 9.57. The molecule has 1 atom stereocenters. The molecule has 1 aliphatic rings. The zero-order valence-electron chi connectivity index (χ0n) is 15.8. The van der Waals surface area contributed by atoms with Crippen molar-refractivity contribution in [3.63, 3.8) is 0 Å². The van der Waals surface area contributed by atoms with Gasteiger partial charge in [-0.05, 0) is 50.1 Å². The third kappa shape index (κ3) is 3.82. The SMILES string of the molecule is CC(C)Oc1ccc(CNC(=O)C2CCn3c(nc4ccccc43)C2)cc1. The number of carbonyl (C=O) groups excluding carboxylic acids is 1. The number of fused-ring (bicyclic) bond motifs is 3. The van der Waals surface area contributed by atoms with Gasteiger partial charge in [-0.2, -0.15) is 0 Å². The zero-order valence-corrected chi connectivity index (χ0v) is 15.8. The van der Waals surface area contributed by atoms with Gasteiger partial charge in [0.05, 0.1) is 17.1 Å². The van der Waals surface area contributed by atoms with E-state index < -0.39 is 0 Å².